The van der Waals surface area contributed by atoms with E-state index in [1.807, 2.05) is 24.3 Å². The van der Waals surface area contributed by atoms with Gasteiger partial charge in [0.25, 0.3) is 5.91 Å². The van der Waals surface area contributed by atoms with Gasteiger partial charge in [0.15, 0.2) is 0 Å². The maximum absolute atomic E-state index is 13.1. The molecule has 1 amide bonds. The molecule has 2 aromatic rings. The molecule has 0 spiro atoms. The number of benzene rings is 2. The first-order chi connectivity index (χ1) is 15.3. The predicted molar refractivity (Wildman–Crippen MR) is 127 cm³/mol. The lowest BCUT2D eigenvalue weighted by molar-refractivity contribution is 0.0628. The maximum atomic E-state index is 13.1. The molecule has 172 valence electrons. The Morgan fingerprint density at radius 2 is 1.50 bits per heavy atom. The van der Waals surface area contributed by atoms with Crippen molar-refractivity contribution in [3.63, 3.8) is 0 Å². The molecular formula is C23H27Cl2N3O3S. The topological polar surface area (TPSA) is 60.9 Å². The molecule has 0 bridgehead atoms. The number of piperidine rings is 1. The van der Waals surface area contributed by atoms with Crippen LogP contribution in [0.4, 0.5) is 0 Å². The summed E-state index contributed by atoms with van der Waals surface area (Å²) in [5.74, 6) is -0.164. The Labute approximate surface area is 199 Å². The van der Waals surface area contributed by atoms with E-state index in [2.05, 4.69) is 4.90 Å². The molecule has 2 saturated heterocycles. The lowest BCUT2D eigenvalue weighted by Gasteiger charge is -2.35. The molecule has 0 atom stereocenters. The summed E-state index contributed by atoms with van der Waals surface area (Å²) in [5.41, 5.74) is 1.54. The Kier molecular flexibility index (Phi) is 7.42. The molecule has 32 heavy (non-hydrogen) atoms. The number of halogens is 2. The number of sulfonamides is 1. The maximum Gasteiger partial charge on any atom is 0.253 e. The van der Waals surface area contributed by atoms with Crippen molar-refractivity contribution in [2.75, 3.05) is 39.3 Å². The van der Waals surface area contributed by atoms with E-state index in [1.165, 1.54) is 22.0 Å². The molecule has 2 aliphatic rings. The molecule has 0 unspecified atom stereocenters. The Bertz CT molecular complexity index is 1060. The summed E-state index contributed by atoms with van der Waals surface area (Å²) in [6, 6.07) is 12.4. The molecule has 2 fully saturated rings. The first-order valence-corrected chi connectivity index (χ1v) is 13.1. The average molecular weight is 496 g/mol. The van der Waals surface area contributed by atoms with Crippen LogP contribution in [0, 0.1) is 0 Å². The van der Waals surface area contributed by atoms with E-state index in [0.29, 0.717) is 36.8 Å². The smallest absolute Gasteiger partial charge is 0.253 e. The van der Waals surface area contributed by atoms with Crippen LogP contribution in [-0.4, -0.2) is 67.7 Å². The Morgan fingerprint density at radius 1 is 0.844 bits per heavy atom. The molecule has 9 heteroatoms. The minimum atomic E-state index is -3.71. The fraction of sp³-hybridized carbons (Fsp3) is 0.435. The summed E-state index contributed by atoms with van der Waals surface area (Å²) >= 11 is 12.2. The highest BCUT2D eigenvalue weighted by Gasteiger charge is 2.30. The number of rotatable bonds is 5. The van der Waals surface area contributed by atoms with Crippen molar-refractivity contribution in [2.24, 2.45) is 0 Å². The van der Waals surface area contributed by atoms with Gasteiger partial charge in [-0.05, 0) is 48.7 Å². The van der Waals surface area contributed by atoms with Gasteiger partial charge in [0.1, 0.15) is 4.90 Å². The monoisotopic (exact) mass is 495 g/mol. The molecule has 2 aliphatic heterocycles. The van der Waals surface area contributed by atoms with Crippen molar-refractivity contribution >= 4 is 39.1 Å². The fourth-order valence-electron chi connectivity index (χ4n) is 4.22. The number of piperazine rings is 1. The SMILES string of the molecule is O=C(c1ccc(Cl)c(S(=O)(=O)N2CCCCC2)c1)N1CCN(Cc2ccc(Cl)cc2)CC1. The molecule has 0 radical (unpaired) electrons. The normalized spacial score (nSPS) is 18.6. The molecule has 2 heterocycles. The van der Waals surface area contributed by atoms with Gasteiger partial charge in [0.2, 0.25) is 10.0 Å². The minimum absolute atomic E-state index is 0.0216. The van der Waals surface area contributed by atoms with Crippen molar-refractivity contribution in [1.82, 2.24) is 14.1 Å². The van der Waals surface area contributed by atoms with Crippen LogP contribution in [0.15, 0.2) is 47.4 Å². The fourth-order valence-corrected chi connectivity index (χ4v) is 6.36. The highest BCUT2D eigenvalue weighted by molar-refractivity contribution is 7.89. The van der Waals surface area contributed by atoms with Crippen LogP contribution >= 0.6 is 23.2 Å². The quantitative estimate of drug-likeness (QED) is 0.625. The van der Waals surface area contributed by atoms with E-state index in [4.69, 9.17) is 23.2 Å². The van der Waals surface area contributed by atoms with Gasteiger partial charge in [0, 0.05) is 56.4 Å². The van der Waals surface area contributed by atoms with Crippen LogP contribution in [0.25, 0.3) is 0 Å². The molecular weight excluding hydrogens is 469 g/mol. The standard InChI is InChI=1S/C23H27Cl2N3O3S/c24-20-7-4-18(5-8-20)17-26-12-14-27(15-13-26)23(29)19-6-9-21(25)22(16-19)32(30,31)28-10-2-1-3-11-28/h4-9,16H,1-3,10-15,17H2. The highest BCUT2D eigenvalue weighted by atomic mass is 35.5. The van der Waals surface area contributed by atoms with E-state index in [9.17, 15) is 13.2 Å². The lowest BCUT2D eigenvalue weighted by Crippen LogP contribution is -2.48. The zero-order valence-electron chi connectivity index (χ0n) is 17.8. The summed E-state index contributed by atoms with van der Waals surface area (Å²) in [5, 5.41) is 0.869. The first-order valence-electron chi connectivity index (χ1n) is 10.9. The number of amides is 1. The van der Waals surface area contributed by atoms with Gasteiger partial charge in [0.05, 0.1) is 5.02 Å². The molecule has 6 nitrogen and oxygen atoms in total. The summed E-state index contributed by atoms with van der Waals surface area (Å²) < 4.78 is 27.7. The summed E-state index contributed by atoms with van der Waals surface area (Å²) in [6.45, 7) is 4.46. The van der Waals surface area contributed by atoms with E-state index in [-0.39, 0.29) is 15.8 Å². The molecule has 0 saturated carbocycles. The zero-order chi connectivity index (χ0) is 22.7. The van der Waals surface area contributed by atoms with Crippen LogP contribution in [0.3, 0.4) is 0 Å². The number of carbonyl (C=O) groups excluding carboxylic acids is 1. The first kappa shape index (κ1) is 23.5. The third-order valence-electron chi connectivity index (χ3n) is 6.09. The molecule has 0 N–H and O–H groups in total. The van der Waals surface area contributed by atoms with Crippen molar-refractivity contribution in [3.05, 3.63) is 63.6 Å². The largest absolute Gasteiger partial charge is 0.336 e. The Hall–Kier alpha value is -1.64. The second-order valence-electron chi connectivity index (χ2n) is 8.30. The van der Waals surface area contributed by atoms with Gasteiger partial charge in [-0.3, -0.25) is 9.69 Å². The van der Waals surface area contributed by atoms with Crippen molar-refractivity contribution < 1.29 is 13.2 Å². The van der Waals surface area contributed by atoms with E-state index in [0.717, 1.165) is 38.9 Å². The van der Waals surface area contributed by atoms with Crippen LogP contribution < -0.4 is 0 Å². The number of carbonyl (C=O) groups is 1. The number of nitrogens with zero attached hydrogens (tertiary/aromatic N) is 3. The van der Waals surface area contributed by atoms with Gasteiger partial charge in [-0.1, -0.05) is 41.8 Å². The molecule has 0 aromatic heterocycles. The van der Waals surface area contributed by atoms with Crippen LogP contribution in [-0.2, 0) is 16.6 Å². The van der Waals surface area contributed by atoms with Crippen LogP contribution in [0.2, 0.25) is 10.0 Å². The van der Waals surface area contributed by atoms with Gasteiger partial charge < -0.3 is 4.90 Å². The van der Waals surface area contributed by atoms with Crippen LogP contribution in [0.5, 0.6) is 0 Å². The lowest BCUT2D eigenvalue weighted by atomic mass is 10.1. The van der Waals surface area contributed by atoms with Crippen molar-refractivity contribution in [2.45, 2.75) is 30.7 Å². The number of hydrogen-bond donors (Lipinski definition) is 0. The second kappa shape index (κ2) is 10.1. The molecule has 0 aliphatic carbocycles. The zero-order valence-corrected chi connectivity index (χ0v) is 20.2. The highest BCUT2D eigenvalue weighted by Crippen LogP contribution is 2.28. The van der Waals surface area contributed by atoms with Crippen molar-refractivity contribution in [1.29, 1.82) is 0 Å². The van der Waals surface area contributed by atoms with Gasteiger partial charge in [-0.25, -0.2) is 8.42 Å². The third-order valence-corrected chi connectivity index (χ3v) is 8.72. The second-order valence-corrected chi connectivity index (χ2v) is 11.1. The van der Waals surface area contributed by atoms with Gasteiger partial charge in [-0.2, -0.15) is 4.31 Å². The molecule has 2 aromatic carbocycles. The Morgan fingerprint density at radius 3 is 2.16 bits per heavy atom. The summed E-state index contributed by atoms with van der Waals surface area (Å²) in [4.78, 5) is 17.2. The molecule has 4 rings (SSSR count). The predicted octanol–water partition coefficient (Wildman–Crippen LogP) is 4.13. The summed E-state index contributed by atoms with van der Waals surface area (Å²) in [6.07, 6.45) is 2.72. The van der Waals surface area contributed by atoms with E-state index >= 15 is 0 Å². The van der Waals surface area contributed by atoms with Crippen molar-refractivity contribution in [3.8, 4) is 0 Å². The van der Waals surface area contributed by atoms with Crippen LogP contribution in [0.1, 0.15) is 35.2 Å². The van der Waals surface area contributed by atoms with E-state index in [1.54, 1.807) is 11.0 Å². The van der Waals surface area contributed by atoms with Gasteiger partial charge in [-0.15, -0.1) is 0 Å². The average Bonchev–Trinajstić information content (AvgIpc) is 2.81. The Balaban J connectivity index is 1.42. The third kappa shape index (κ3) is 5.29. The number of hydrogen-bond acceptors (Lipinski definition) is 4. The van der Waals surface area contributed by atoms with Gasteiger partial charge >= 0.3 is 0 Å². The van der Waals surface area contributed by atoms with E-state index < -0.39 is 10.0 Å². The minimum Gasteiger partial charge on any atom is -0.336 e. The summed E-state index contributed by atoms with van der Waals surface area (Å²) in [7, 11) is -3.71.